The van der Waals surface area contributed by atoms with E-state index in [4.69, 9.17) is 23.8 Å². The summed E-state index contributed by atoms with van der Waals surface area (Å²) in [6, 6.07) is 17.9. The van der Waals surface area contributed by atoms with E-state index < -0.39 is 0 Å². The van der Waals surface area contributed by atoms with Crippen molar-refractivity contribution in [2.75, 3.05) is 0 Å². The number of hydrogen-bond acceptors (Lipinski definition) is 1. The Balaban J connectivity index is 2.11. The summed E-state index contributed by atoms with van der Waals surface area (Å²) >= 11 is 11.2. The molecule has 0 bridgehead atoms. The van der Waals surface area contributed by atoms with Gasteiger partial charge in [-0.3, -0.25) is 0 Å². The minimum atomic E-state index is 0.759. The molecule has 0 saturated heterocycles. The lowest BCUT2D eigenvalue weighted by atomic mass is 10.0. The molecule has 0 radical (unpaired) electrons. The van der Waals surface area contributed by atoms with E-state index in [1.165, 1.54) is 5.56 Å². The fourth-order valence-corrected chi connectivity index (χ4v) is 1.94. The zero-order valence-corrected chi connectivity index (χ0v) is 10.3. The summed E-state index contributed by atoms with van der Waals surface area (Å²) in [5.74, 6) is 0. The van der Waals surface area contributed by atoms with Gasteiger partial charge in [0.05, 0.1) is 0 Å². The topological polar surface area (TPSA) is 0 Å². The molecule has 0 fully saturated rings. The number of rotatable bonds is 3. The van der Waals surface area contributed by atoms with Crippen LogP contribution < -0.4 is 0 Å². The van der Waals surface area contributed by atoms with Gasteiger partial charge in [-0.05, 0) is 23.3 Å². The first-order valence-corrected chi connectivity index (χ1v) is 5.87. The number of benzene rings is 2. The van der Waals surface area contributed by atoms with E-state index in [0.29, 0.717) is 0 Å². The van der Waals surface area contributed by atoms with Crippen molar-refractivity contribution in [3.05, 3.63) is 70.7 Å². The molecule has 0 amide bonds. The molecule has 0 aliphatic carbocycles. The summed E-state index contributed by atoms with van der Waals surface area (Å²) in [6.45, 7) is 0. The number of halogens is 1. The highest BCUT2D eigenvalue weighted by atomic mass is 35.5. The zero-order chi connectivity index (χ0) is 11.4. The lowest BCUT2D eigenvalue weighted by Crippen LogP contribution is -2.01. The van der Waals surface area contributed by atoms with Crippen LogP contribution in [-0.2, 0) is 6.42 Å². The molecule has 0 heterocycles. The molecule has 2 aromatic rings. The van der Waals surface area contributed by atoms with Crippen LogP contribution in [0.15, 0.2) is 54.6 Å². The van der Waals surface area contributed by atoms with Crippen LogP contribution in [0, 0.1) is 0 Å². The molecule has 16 heavy (non-hydrogen) atoms. The van der Waals surface area contributed by atoms with Crippen LogP contribution in [0.1, 0.15) is 11.1 Å². The normalized spacial score (nSPS) is 10.1. The van der Waals surface area contributed by atoms with Crippen LogP contribution in [0.2, 0.25) is 5.02 Å². The first kappa shape index (κ1) is 11.3. The van der Waals surface area contributed by atoms with Crippen molar-refractivity contribution in [1.29, 1.82) is 0 Å². The molecule has 0 aliphatic heterocycles. The molecule has 0 atom stereocenters. The van der Waals surface area contributed by atoms with E-state index in [1.807, 2.05) is 54.6 Å². The van der Waals surface area contributed by atoms with Gasteiger partial charge in [-0.1, -0.05) is 66.3 Å². The molecular weight excluding hydrogens is 236 g/mol. The van der Waals surface area contributed by atoms with Crippen molar-refractivity contribution >= 4 is 28.7 Å². The van der Waals surface area contributed by atoms with Crippen molar-refractivity contribution in [2.24, 2.45) is 0 Å². The van der Waals surface area contributed by atoms with Gasteiger partial charge in [0.2, 0.25) is 0 Å². The molecule has 2 aromatic carbocycles. The van der Waals surface area contributed by atoms with E-state index in [2.05, 4.69) is 0 Å². The second-order valence-electron chi connectivity index (χ2n) is 3.59. The lowest BCUT2D eigenvalue weighted by molar-refractivity contribution is 1.35. The Kier molecular flexibility index (Phi) is 3.70. The van der Waals surface area contributed by atoms with Gasteiger partial charge in [0.1, 0.15) is 0 Å². The molecule has 2 rings (SSSR count). The highest BCUT2D eigenvalue weighted by Crippen LogP contribution is 2.12. The summed E-state index contributed by atoms with van der Waals surface area (Å²) < 4.78 is 0. The average Bonchev–Trinajstić information content (AvgIpc) is 2.33. The first-order valence-electron chi connectivity index (χ1n) is 5.08. The van der Waals surface area contributed by atoms with Crippen molar-refractivity contribution in [1.82, 2.24) is 0 Å². The second-order valence-corrected chi connectivity index (χ2v) is 4.52. The van der Waals surface area contributed by atoms with Gasteiger partial charge in [0.25, 0.3) is 0 Å². The number of hydrogen-bond donors (Lipinski definition) is 0. The van der Waals surface area contributed by atoms with Crippen LogP contribution in [0.4, 0.5) is 0 Å². The van der Waals surface area contributed by atoms with Crippen LogP contribution in [0.25, 0.3) is 0 Å². The Morgan fingerprint density at radius 2 is 1.56 bits per heavy atom. The van der Waals surface area contributed by atoms with Gasteiger partial charge >= 0.3 is 0 Å². The highest BCUT2D eigenvalue weighted by Gasteiger charge is 2.01. The van der Waals surface area contributed by atoms with Crippen molar-refractivity contribution in [3.63, 3.8) is 0 Å². The molecule has 0 nitrogen and oxygen atoms in total. The minimum absolute atomic E-state index is 0.759. The van der Waals surface area contributed by atoms with E-state index >= 15 is 0 Å². The smallest absolute Gasteiger partial charge is 0.0406 e. The summed E-state index contributed by atoms with van der Waals surface area (Å²) in [7, 11) is 0. The quantitative estimate of drug-likeness (QED) is 0.575. The van der Waals surface area contributed by atoms with Crippen molar-refractivity contribution < 1.29 is 0 Å². The average molecular weight is 247 g/mol. The van der Waals surface area contributed by atoms with Crippen molar-refractivity contribution in [3.8, 4) is 0 Å². The Morgan fingerprint density at radius 1 is 0.938 bits per heavy atom. The molecule has 2 heteroatoms. The molecule has 80 valence electrons. The van der Waals surface area contributed by atoms with Gasteiger partial charge in [-0.25, -0.2) is 0 Å². The van der Waals surface area contributed by atoms with Crippen LogP contribution in [0.5, 0.6) is 0 Å². The first-order chi connectivity index (χ1) is 7.75. The van der Waals surface area contributed by atoms with Gasteiger partial charge in [-0.2, -0.15) is 0 Å². The predicted octanol–water partition coefficient (Wildman–Crippen LogP) is 4.30. The van der Waals surface area contributed by atoms with E-state index in [1.54, 1.807) is 0 Å². The highest BCUT2D eigenvalue weighted by molar-refractivity contribution is 7.80. The summed E-state index contributed by atoms with van der Waals surface area (Å²) in [5, 5.41) is 0.759. The maximum absolute atomic E-state index is 5.83. The van der Waals surface area contributed by atoms with Crippen LogP contribution in [0.3, 0.4) is 0 Å². The van der Waals surface area contributed by atoms with Crippen molar-refractivity contribution in [2.45, 2.75) is 6.42 Å². The lowest BCUT2D eigenvalue weighted by Gasteiger charge is -2.04. The van der Waals surface area contributed by atoms with E-state index in [9.17, 15) is 0 Å². The molecule has 0 saturated carbocycles. The molecule has 0 aromatic heterocycles. The summed E-state index contributed by atoms with van der Waals surface area (Å²) in [5.41, 5.74) is 2.31. The molecule has 0 aliphatic rings. The minimum Gasteiger partial charge on any atom is -0.0843 e. The van der Waals surface area contributed by atoms with Gasteiger partial charge in [-0.15, -0.1) is 0 Å². The maximum atomic E-state index is 5.83. The summed E-state index contributed by atoms with van der Waals surface area (Å²) in [6.07, 6.45) is 0.788. The van der Waals surface area contributed by atoms with E-state index in [-0.39, 0.29) is 0 Å². The SMILES string of the molecule is S=C(Cc1ccc(Cl)cc1)c1ccccc1. The molecular formula is C14H11ClS. The van der Waals surface area contributed by atoms with Gasteiger partial charge in [0, 0.05) is 16.3 Å². The number of thiocarbonyl (C=S) groups is 1. The zero-order valence-electron chi connectivity index (χ0n) is 8.69. The third kappa shape index (κ3) is 2.91. The molecule has 0 spiro atoms. The fourth-order valence-electron chi connectivity index (χ4n) is 1.51. The maximum Gasteiger partial charge on any atom is 0.0406 e. The largest absolute Gasteiger partial charge is 0.0843 e. The fraction of sp³-hybridized carbons (Fsp3) is 0.0714. The Bertz CT molecular complexity index is 474. The van der Waals surface area contributed by atoms with E-state index in [0.717, 1.165) is 21.9 Å². The Hall–Kier alpha value is -1.18. The van der Waals surface area contributed by atoms with Crippen LogP contribution in [-0.4, -0.2) is 4.86 Å². The predicted molar refractivity (Wildman–Crippen MR) is 73.3 cm³/mol. The van der Waals surface area contributed by atoms with Gasteiger partial charge in [0.15, 0.2) is 0 Å². The molecule has 0 N–H and O–H groups in total. The summed E-state index contributed by atoms with van der Waals surface area (Å²) in [4.78, 5) is 0.961. The Morgan fingerprint density at radius 3 is 2.19 bits per heavy atom. The third-order valence-electron chi connectivity index (χ3n) is 2.37. The monoisotopic (exact) mass is 246 g/mol. The standard InChI is InChI=1S/C14H11ClS/c15-13-8-6-11(7-9-13)10-14(16)12-4-2-1-3-5-12/h1-9H,10H2. The van der Waals surface area contributed by atoms with Crippen LogP contribution >= 0.6 is 23.8 Å². The second kappa shape index (κ2) is 5.24. The third-order valence-corrected chi connectivity index (χ3v) is 3.01. The Labute approximate surface area is 106 Å². The molecule has 0 unspecified atom stereocenters. The van der Waals surface area contributed by atoms with Gasteiger partial charge < -0.3 is 0 Å².